The first-order valence-corrected chi connectivity index (χ1v) is 14.9. The number of rotatable bonds is 25. The number of aliphatic hydroxyl groups is 1. The van der Waals surface area contributed by atoms with Gasteiger partial charge in [0.1, 0.15) is 19.3 Å². The monoisotopic (exact) mass is 507 g/mol. The molecule has 0 rings (SSSR count). The predicted octanol–water partition coefficient (Wildman–Crippen LogP) is 5.61. The van der Waals surface area contributed by atoms with Crippen LogP contribution < -0.4 is 4.89 Å². The van der Waals surface area contributed by atoms with Crippen LogP contribution in [0, 0.1) is 0 Å². The number of likely N-dealkylation sites (N-methyl/N-ethyl adjacent to an activating group) is 1. The number of phosphoric acid groups is 1. The highest BCUT2D eigenvalue weighted by Gasteiger charge is 2.15. The highest BCUT2D eigenvalue weighted by atomic mass is 31.2. The van der Waals surface area contributed by atoms with Crippen LogP contribution in [-0.2, 0) is 18.3 Å². The maximum atomic E-state index is 11.7. The summed E-state index contributed by atoms with van der Waals surface area (Å²) < 4.78 is 27.2. The molecule has 0 fully saturated rings. The number of unbranched alkanes of at least 4 members (excludes halogenated alkanes) is 12. The van der Waals surface area contributed by atoms with Crippen molar-refractivity contribution in [1.82, 2.24) is 0 Å². The second-order valence-electron chi connectivity index (χ2n) is 10.3. The number of allylic oxidation sites excluding steroid dienone is 2. The molecule has 0 aliphatic rings. The molecule has 0 aliphatic carbocycles. The summed E-state index contributed by atoms with van der Waals surface area (Å²) in [4.78, 5) is 11.7. The number of hydrogen-bond acceptors (Lipinski definition) is 6. The summed E-state index contributed by atoms with van der Waals surface area (Å²) >= 11 is 0. The number of aliphatic hydroxyl groups excluding tert-OH is 1. The van der Waals surface area contributed by atoms with Crippen LogP contribution in [0.2, 0.25) is 0 Å². The van der Waals surface area contributed by atoms with Gasteiger partial charge in [0.05, 0.1) is 34.4 Å². The molecule has 0 aromatic carbocycles. The summed E-state index contributed by atoms with van der Waals surface area (Å²) in [7, 11) is 1.44. The van der Waals surface area contributed by atoms with Crippen molar-refractivity contribution in [2.75, 3.05) is 54.1 Å². The summed E-state index contributed by atoms with van der Waals surface area (Å²) in [6, 6.07) is 0. The first-order chi connectivity index (χ1) is 16.2. The molecule has 0 aromatic heterocycles. The first kappa shape index (κ1) is 33.7. The molecule has 0 radical (unpaired) electrons. The van der Waals surface area contributed by atoms with Crippen LogP contribution in [0.4, 0.5) is 0 Å². The highest BCUT2D eigenvalue weighted by molar-refractivity contribution is 7.45. The van der Waals surface area contributed by atoms with Crippen LogP contribution in [-0.4, -0.2) is 69.8 Å². The number of quaternary nitrogens is 1. The third-order valence-corrected chi connectivity index (χ3v) is 6.51. The van der Waals surface area contributed by atoms with Gasteiger partial charge in [0.2, 0.25) is 0 Å². The van der Waals surface area contributed by atoms with Gasteiger partial charge in [-0.1, -0.05) is 76.9 Å². The Balaban J connectivity index is 3.43. The number of ether oxygens (including phenoxy) is 1. The maximum Gasteiger partial charge on any atom is 0.268 e. The average molecular weight is 508 g/mol. The molecule has 8 heteroatoms. The molecule has 1 N–H and O–H groups in total. The van der Waals surface area contributed by atoms with Crippen LogP contribution in [0.3, 0.4) is 0 Å². The van der Waals surface area contributed by atoms with Gasteiger partial charge in [0.15, 0.2) is 0 Å². The van der Waals surface area contributed by atoms with Crippen molar-refractivity contribution in [3.8, 4) is 0 Å². The van der Waals surface area contributed by atoms with E-state index >= 15 is 0 Å². The topological polar surface area (TPSA) is 88.0 Å². The van der Waals surface area contributed by atoms with E-state index in [2.05, 4.69) is 19.1 Å². The van der Waals surface area contributed by atoms with Crippen molar-refractivity contribution in [3.05, 3.63) is 12.2 Å². The van der Waals surface area contributed by atoms with Gasteiger partial charge in [-0.05, 0) is 32.1 Å². The Morgan fingerprint density at radius 3 is 1.88 bits per heavy atom. The lowest BCUT2D eigenvalue weighted by Gasteiger charge is -2.27. The third-order valence-electron chi connectivity index (χ3n) is 5.55. The lowest BCUT2D eigenvalue weighted by atomic mass is 10.1. The zero-order chi connectivity index (χ0) is 25.5. The molecular formula is C26H54NO6P. The second kappa shape index (κ2) is 22.0. The molecule has 0 saturated heterocycles. The molecular weight excluding hydrogens is 453 g/mol. The SMILES string of the molecule is CCCCCCCC/C=C\CCCCCCCCOC[C@@H](O)COP(=O)([O-])OCC[N+](C)(C)C. The summed E-state index contributed by atoms with van der Waals surface area (Å²) in [5, 5.41) is 9.83. The van der Waals surface area contributed by atoms with E-state index in [1.54, 1.807) is 0 Å². The van der Waals surface area contributed by atoms with E-state index in [-0.39, 0.29) is 19.8 Å². The second-order valence-corrected chi connectivity index (χ2v) is 11.7. The Kier molecular flexibility index (Phi) is 21.8. The van der Waals surface area contributed by atoms with Crippen molar-refractivity contribution in [3.63, 3.8) is 0 Å². The molecule has 2 atom stereocenters. The number of nitrogens with zero attached hydrogens (tertiary/aromatic N) is 1. The Labute approximate surface area is 210 Å². The van der Waals surface area contributed by atoms with Gasteiger partial charge >= 0.3 is 0 Å². The zero-order valence-electron chi connectivity index (χ0n) is 22.5. The van der Waals surface area contributed by atoms with Gasteiger partial charge in [-0.25, -0.2) is 0 Å². The Hall–Kier alpha value is -0.270. The lowest BCUT2D eigenvalue weighted by molar-refractivity contribution is -0.870. The predicted molar refractivity (Wildman–Crippen MR) is 139 cm³/mol. The Morgan fingerprint density at radius 1 is 0.794 bits per heavy atom. The van der Waals surface area contributed by atoms with Crippen LogP contribution in [0.15, 0.2) is 12.2 Å². The van der Waals surface area contributed by atoms with Gasteiger partial charge in [0.25, 0.3) is 7.82 Å². The molecule has 7 nitrogen and oxygen atoms in total. The summed E-state index contributed by atoms with van der Waals surface area (Å²) in [6.07, 6.45) is 21.3. The summed E-state index contributed by atoms with van der Waals surface area (Å²) in [5.74, 6) is 0. The van der Waals surface area contributed by atoms with E-state index in [0.29, 0.717) is 17.6 Å². The average Bonchev–Trinajstić information content (AvgIpc) is 2.76. The highest BCUT2D eigenvalue weighted by Crippen LogP contribution is 2.38. The summed E-state index contributed by atoms with van der Waals surface area (Å²) in [5.41, 5.74) is 0. The minimum atomic E-state index is -4.39. The van der Waals surface area contributed by atoms with Gasteiger partial charge < -0.3 is 28.3 Å². The van der Waals surface area contributed by atoms with Crippen LogP contribution in [0.1, 0.15) is 96.8 Å². The van der Waals surface area contributed by atoms with Gasteiger partial charge in [-0.2, -0.15) is 0 Å². The molecule has 0 saturated carbocycles. The largest absolute Gasteiger partial charge is 0.756 e. The molecule has 0 aromatic rings. The lowest BCUT2D eigenvalue weighted by Crippen LogP contribution is -2.37. The fourth-order valence-corrected chi connectivity index (χ4v) is 4.09. The summed E-state index contributed by atoms with van der Waals surface area (Å²) in [6.45, 7) is 3.12. The van der Waals surface area contributed by atoms with Crippen molar-refractivity contribution in [2.45, 2.75) is 103 Å². The van der Waals surface area contributed by atoms with Crippen LogP contribution >= 0.6 is 7.82 Å². The third kappa shape index (κ3) is 26.3. The van der Waals surface area contributed by atoms with E-state index in [0.717, 1.165) is 12.8 Å². The van der Waals surface area contributed by atoms with E-state index in [1.165, 1.54) is 77.0 Å². The van der Waals surface area contributed by atoms with Crippen LogP contribution in [0.5, 0.6) is 0 Å². The van der Waals surface area contributed by atoms with E-state index < -0.39 is 13.9 Å². The molecule has 0 aliphatic heterocycles. The van der Waals surface area contributed by atoms with E-state index in [1.807, 2.05) is 21.1 Å². The van der Waals surface area contributed by atoms with Crippen molar-refractivity contribution in [2.24, 2.45) is 0 Å². The quantitative estimate of drug-likeness (QED) is 0.0748. The van der Waals surface area contributed by atoms with E-state index in [9.17, 15) is 14.6 Å². The molecule has 0 bridgehead atoms. The molecule has 204 valence electrons. The maximum absolute atomic E-state index is 11.7. The minimum Gasteiger partial charge on any atom is -0.756 e. The van der Waals surface area contributed by atoms with Gasteiger partial charge in [0, 0.05) is 6.61 Å². The number of phosphoric ester groups is 1. The zero-order valence-corrected chi connectivity index (χ0v) is 23.4. The first-order valence-electron chi connectivity index (χ1n) is 13.5. The fraction of sp³-hybridized carbons (Fsp3) is 0.923. The van der Waals surface area contributed by atoms with E-state index in [4.69, 9.17) is 13.8 Å². The standard InChI is InChI=1S/C26H54NO6P/c1-5-6-7-8-9-10-11-12-13-14-15-16-17-18-19-20-22-31-24-26(28)25-33-34(29,30)32-23-21-27(2,3)4/h12-13,26,28H,5-11,14-25H2,1-4H3/b13-12-/t26-/m1/s1. The van der Waals surface area contributed by atoms with Crippen molar-refractivity contribution < 1.29 is 32.8 Å². The smallest absolute Gasteiger partial charge is 0.268 e. The molecule has 1 unspecified atom stereocenters. The number of hydrogen-bond donors (Lipinski definition) is 1. The molecule has 0 spiro atoms. The fourth-order valence-electron chi connectivity index (χ4n) is 3.36. The molecule has 0 heterocycles. The van der Waals surface area contributed by atoms with Gasteiger partial charge in [-0.15, -0.1) is 0 Å². The molecule has 0 amide bonds. The van der Waals surface area contributed by atoms with Crippen LogP contribution in [0.25, 0.3) is 0 Å². The Bertz CT molecular complexity index is 524. The normalized spacial score (nSPS) is 15.1. The Morgan fingerprint density at radius 2 is 1.32 bits per heavy atom. The van der Waals surface area contributed by atoms with Crippen molar-refractivity contribution in [1.29, 1.82) is 0 Å². The molecule has 34 heavy (non-hydrogen) atoms. The van der Waals surface area contributed by atoms with Gasteiger partial charge in [-0.3, -0.25) is 4.57 Å². The minimum absolute atomic E-state index is 0.0484. The van der Waals surface area contributed by atoms with Crippen molar-refractivity contribution >= 4 is 7.82 Å².